The Balaban J connectivity index is 0.00000196. The molecule has 4 rings (SSSR count). The predicted octanol–water partition coefficient (Wildman–Crippen LogP) is 1.84. The number of para-hydroxylation sites is 1. The minimum absolute atomic E-state index is 0. The van der Waals surface area contributed by atoms with Crippen LogP contribution in [-0.4, -0.2) is 15.0 Å². The predicted molar refractivity (Wildman–Crippen MR) is 108 cm³/mol. The van der Waals surface area contributed by atoms with E-state index < -0.39 is 0 Å². The van der Waals surface area contributed by atoms with Gasteiger partial charge >= 0.3 is 0 Å². The summed E-state index contributed by atoms with van der Waals surface area (Å²) in [5, 5.41) is 8.56. The largest absolute Gasteiger partial charge is 1.00 e. The SMILES string of the molecule is CCc1cc2c3c(cc[n+]2nc1CC)c1ccccc1n3CCCBr.[Br-]. The van der Waals surface area contributed by atoms with Crippen molar-refractivity contribution in [1.82, 2.24) is 9.67 Å². The minimum atomic E-state index is 0. The molecule has 4 aromatic rings. The van der Waals surface area contributed by atoms with E-state index >= 15 is 0 Å². The van der Waals surface area contributed by atoms with Crippen molar-refractivity contribution in [2.75, 3.05) is 5.33 Å². The second-order valence-electron chi connectivity index (χ2n) is 6.44. The third-order valence-corrected chi connectivity index (χ3v) is 5.58. The van der Waals surface area contributed by atoms with Gasteiger partial charge in [0.25, 0.3) is 5.52 Å². The Bertz CT molecular complexity index is 1070. The summed E-state index contributed by atoms with van der Waals surface area (Å²) in [6.45, 7) is 5.40. The Morgan fingerprint density at radius 2 is 1.88 bits per heavy atom. The molecule has 0 saturated heterocycles. The smallest absolute Gasteiger partial charge is 0.262 e. The molecule has 3 nitrogen and oxygen atoms in total. The number of rotatable bonds is 5. The summed E-state index contributed by atoms with van der Waals surface area (Å²) < 4.78 is 4.53. The third-order valence-electron chi connectivity index (χ3n) is 5.02. The molecule has 26 heavy (non-hydrogen) atoms. The average molecular weight is 477 g/mol. The van der Waals surface area contributed by atoms with Crippen molar-refractivity contribution >= 4 is 43.3 Å². The van der Waals surface area contributed by atoms with Crippen LogP contribution in [0.3, 0.4) is 0 Å². The number of aromatic nitrogens is 3. The molecule has 0 atom stereocenters. The van der Waals surface area contributed by atoms with Gasteiger partial charge in [0.15, 0.2) is 0 Å². The van der Waals surface area contributed by atoms with Crippen LogP contribution in [0.5, 0.6) is 0 Å². The van der Waals surface area contributed by atoms with E-state index in [0.29, 0.717) is 0 Å². The van der Waals surface area contributed by atoms with Crippen LogP contribution >= 0.6 is 15.9 Å². The maximum Gasteiger partial charge on any atom is 0.262 e. The number of halogens is 2. The van der Waals surface area contributed by atoms with Crippen molar-refractivity contribution in [3.05, 3.63) is 53.9 Å². The molecule has 0 fully saturated rings. The van der Waals surface area contributed by atoms with Crippen molar-refractivity contribution in [2.45, 2.75) is 39.7 Å². The first-order valence-corrected chi connectivity index (χ1v) is 10.2. The molecule has 0 aliphatic heterocycles. The molecule has 0 N–H and O–H groups in total. The molecule has 0 bridgehead atoms. The molecule has 0 radical (unpaired) electrons. The average Bonchev–Trinajstić information content (AvgIpc) is 2.99. The molecule has 0 spiro atoms. The summed E-state index contributed by atoms with van der Waals surface area (Å²) in [6.07, 6.45) is 5.20. The van der Waals surface area contributed by atoms with Crippen LogP contribution in [0.4, 0.5) is 0 Å². The van der Waals surface area contributed by atoms with Gasteiger partial charge in [-0.1, -0.05) is 52.5 Å². The van der Waals surface area contributed by atoms with Crippen LogP contribution in [-0.2, 0) is 19.4 Å². The number of nitrogens with zero attached hydrogens (tertiary/aromatic N) is 3. The molecule has 3 aromatic heterocycles. The first-order valence-electron chi connectivity index (χ1n) is 9.08. The van der Waals surface area contributed by atoms with Gasteiger partial charge in [-0.15, -0.1) is 0 Å². The van der Waals surface area contributed by atoms with Gasteiger partial charge in [0.05, 0.1) is 0 Å². The Morgan fingerprint density at radius 3 is 2.62 bits per heavy atom. The standard InChI is InChI=1S/C21H23BrN3.BrH/c1-3-15-14-20-21-17(10-13-25(20)23-18(15)4-2)16-8-5-6-9-19(16)24(21)12-7-11-22;/h5-6,8-10,13-14H,3-4,7,11-12H2,1-2H3;1H/q+1;/p-1. The zero-order valence-corrected chi connectivity index (χ0v) is 18.3. The van der Waals surface area contributed by atoms with E-state index in [9.17, 15) is 0 Å². The normalized spacial score (nSPS) is 11.3. The van der Waals surface area contributed by atoms with E-state index in [-0.39, 0.29) is 17.0 Å². The molecule has 3 heterocycles. The molecule has 136 valence electrons. The van der Waals surface area contributed by atoms with Crippen molar-refractivity contribution in [2.24, 2.45) is 0 Å². The highest BCUT2D eigenvalue weighted by Crippen LogP contribution is 2.31. The van der Waals surface area contributed by atoms with E-state index in [2.05, 4.69) is 81.5 Å². The van der Waals surface area contributed by atoms with E-state index in [1.54, 1.807) is 0 Å². The van der Waals surface area contributed by atoms with Gasteiger partial charge in [0.2, 0.25) is 6.20 Å². The van der Waals surface area contributed by atoms with Gasteiger partial charge in [-0.05, 0) is 30.9 Å². The molecular formula is C21H23Br2N3. The van der Waals surface area contributed by atoms with Gasteiger partial charge in [-0.2, -0.15) is 0 Å². The highest BCUT2D eigenvalue weighted by molar-refractivity contribution is 9.09. The van der Waals surface area contributed by atoms with E-state index in [4.69, 9.17) is 5.10 Å². The minimum Gasteiger partial charge on any atom is -1.00 e. The molecule has 5 heteroatoms. The van der Waals surface area contributed by atoms with Crippen molar-refractivity contribution in [3.63, 3.8) is 0 Å². The van der Waals surface area contributed by atoms with Crippen LogP contribution in [0.15, 0.2) is 42.6 Å². The molecule has 0 amide bonds. The zero-order valence-electron chi connectivity index (χ0n) is 15.2. The lowest BCUT2D eigenvalue weighted by Crippen LogP contribution is -3.00. The topological polar surface area (TPSA) is 21.9 Å². The van der Waals surface area contributed by atoms with Crippen LogP contribution in [0.1, 0.15) is 31.5 Å². The quantitative estimate of drug-likeness (QED) is 0.318. The molecule has 0 aliphatic carbocycles. The van der Waals surface area contributed by atoms with Crippen molar-refractivity contribution < 1.29 is 21.5 Å². The summed E-state index contributed by atoms with van der Waals surface area (Å²) in [4.78, 5) is 0. The summed E-state index contributed by atoms with van der Waals surface area (Å²) in [7, 11) is 0. The zero-order chi connectivity index (χ0) is 17.4. The molecule has 0 saturated carbocycles. The highest BCUT2D eigenvalue weighted by Gasteiger charge is 2.20. The Morgan fingerprint density at radius 1 is 1.08 bits per heavy atom. The van der Waals surface area contributed by atoms with E-state index in [0.717, 1.165) is 31.1 Å². The van der Waals surface area contributed by atoms with Gasteiger partial charge in [-0.3, -0.25) is 0 Å². The Hall–Kier alpha value is -1.46. The lowest BCUT2D eigenvalue weighted by atomic mass is 10.1. The molecule has 0 aliphatic rings. The monoisotopic (exact) mass is 475 g/mol. The van der Waals surface area contributed by atoms with Gasteiger partial charge in [-0.25, -0.2) is 0 Å². The second kappa shape index (κ2) is 8.05. The van der Waals surface area contributed by atoms with Crippen LogP contribution in [0.2, 0.25) is 0 Å². The highest BCUT2D eigenvalue weighted by atomic mass is 79.9. The Labute approximate surface area is 172 Å². The summed E-state index contributed by atoms with van der Waals surface area (Å²) in [5.74, 6) is 0. The Kier molecular flexibility index (Phi) is 5.98. The fraction of sp³-hybridized carbons (Fsp3) is 0.333. The van der Waals surface area contributed by atoms with Gasteiger partial charge < -0.3 is 21.5 Å². The number of alkyl halides is 1. The molecule has 0 unspecified atom stereocenters. The fourth-order valence-electron chi connectivity index (χ4n) is 3.83. The first-order chi connectivity index (χ1) is 12.3. The van der Waals surface area contributed by atoms with Gasteiger partial charge in [0, 0.05) is 45.4 Å². The third kappa shape index (κ3) is 3.05. The number of benzene rings is 1. The number of aryl methyl sites for hydroxylation is 3. The van der Waals surface area contributed by atoms with Gasteiger partial charge in [0.1, 0.15) is 11.2 Å². The summed E-state index contributed by atoms with van der Waals surface area (Å²) >= 11 is 3.58. The molecule has 1 aromatic carbocycles. The lowest BCUT2D eigenvalue weighted by molar-refractivity contribution is -0.580. The summed E-state index contributed by atoms with van der Waals surface area (Å²) in [6, 6.07) is 13.3. The number of pyridine rings is 1. The lowest BCUT2D eigenvalue weighted by Gasteiger charge is -2.07. The van der Waals surface area contributed by atoms with Crippen LogP contribution < -0.4 is 21.5 Å². The van der Waals surface area contributed by atoms with Crippen molar-refractivity contribution in [3.8, 4) is 0 Å². The fourth-order valence-corrected chi connectivity index (χ4v) is 4.08. The van der Waals surface area contributed by atoms with Crippen LogP contribution in [0, 0.1) is 0 Å². The first kappa shape index (κ1) is 19.3. The van der Waals surface area contributed by atoms with E-state index in [1.165, 1.54) is 38.6 Å². The number of hydrogen-bond acceptors (Lipinski definition) is 1. The van der Waals surface area contributed by atoms with E-state index in [1.807, 2.05) is 0 Å². The second-order valence-corrected chi connectivity index (χ2v) is 7.24. The van der Waals surface area contributed by atoms with Crippen molar-refractivity contribution in [1.29, 1.82) is 0 Å². The van der Waals surface area contributed by atoms with Crippen LogP contribution in [0.25, 0.3) is 27.3 Å². The molecular weight excluding hydrogens is 454 g/mol. The maximum absolute atomic E-state index is 4.90. The maximum atomic E-state index is 4.90. The summed E-state index contributed by atoms with van der Waals surface area (Å²) in [5.41, 5.74) is 6.37. The number of hydrogen-bond donors (Lipinski definition) is 0. The number of fused-ring (bicyclic) bond motifs is 5.